The number of aromatic nitrogens is 2. The Balaban J connectivity index is 1.82. The standard InChI is InChI=1S/C20H28N4O3/c1-12(2)17(11-25)23-19(27)16-5-3-4-13-10-21-20(24-18(13)16)22-14-6-8-15(26)9-7-14/h3-5,10,12,14-15,17,25-26H,6-9,11H2,1-2H3,(H,23,27)(H,21,22,24)/t14-,15-,17?. The molecule has 1 aromatic carbocycles. The molecule has 27 heavy (non-hydrogen) atoms. The summed E-state index contributed by atoms with van der Waals surface area (Å²) in [6.07, 6.45) is 4.80. The number of aliphatic hydroxyl groups is 2. The summed E-state index contributed by atoms with van der Waals surface area (Å²) >= 11 is 0. The van der Waals surface area contributed by atoms with Crippen LogP contribution in [-0.4, -0.2) is 50.9 Å². The molecule has 2 aromatic rings. The van der Waals surface area contributed by atoms with Gasteiger partial charge in [0, 0.05) is 17.6 Å². The van der Waals surface area contributed by atoms with E-state index in [1.807, 2.05) is 19.9 Å². The first-order chi connectivity index (χ1) is 13.0. The van der Waals surface area contributed by atoms with E-state index in [2.05, 4.69) is 20.6 Å². The van der Waals surface area contributed by atoms with Crippen molar-refractivity contribution in [3.8, 4) is 0 Å². The van der Waals surface area contributed by atoms with E-state index in [4.69, 9.17) is 0 Å². The fourth-order valence-electron chi connectivity index (χ4n) is 3.38. The Kier molecular flexibility index (Phi) is 6.23. The number of aliphatic hydroxyl groups excluding tert-OH is 2. The molecule has 146 valence electrons. The molecule has 0 bridgehead atoms. The summed E-state index contributed by atoms with van der Waals surface area (Å²) < 4.78 is 0. The molecule has 1 amide bonds. The van der Waals surface area contributed by atoms with E-state index in [1.54, 1.807) is 18.3 Å². The van der Waals surface area contributed by atoms with Crippen molar-refractivity contribution in [3.05, 3.63) is 30.0 Å². The number of para-hydroxylation sites is 1. The lowest BCUT2D eigenvalue weighted by atomic mass is 9.93. The number of amides is 1. The van der Waals surface area contributed by atoms with Gasteiger partial charge in [0.15, 0.2) is 0 Å². The maximum atomic E-state index is 12.7. The van der Waals surface area contributed by atoms with Gasteiger partial charge in [0.1, 0.15) is 0 Å². The summed E-state index contributed by atoms with van der Waals surface area (Å²) in [5.74, 6) is 0.368. The van der Waals surface area contributed by atoms with E-state index in [-0.39, 0.29) is 36.6 Å². The summed E-state index contributed by atoms with van der Waals surface area (Å²) in [6.45, 7) is 3.80. The lowest BCUT2D eigenvalue weighted by Crippen LogP contribution is -2.41. The van der Waals surface area contributed by atoms with E-state index < -0.39 is 0 Å². The molecule has 0 radical (unpaired) electrons. The monoisotopic (exact) mass is 372 g/mol. The first kappa shape index (κ1) is 19.5. The maximum Gasteiger partial charge on any atom is 0.253 e. The molecule has 1 aliphatic rings. The fourth-order valence-corrected chi connectivity index (χ4v) is 3.38. The van der Waals surface area contributed by atoms with E-state index in [1.165, 1.54) is 0 Å². The quantitative estimate of drug-likeness (QED) is 0.618. The van der Waals surface area contributed by atoms with Gasteiger partial charge < -0.3 is 20.8 Å². The third-order valence-corrected chi connectivity index (χ3v) is 5.20. The highest BCUT2D eigenvalue weighted by molar-refractivity contribution is 6.05. The van der Waals surface area contributed by atoms with Crippen molar-refractivity contribution < 1.29 is 15.0 Å². The van der Waals surface area contributed by atoms with Crippen LogP contribution in [0, 0.1) is 5.92 Å². The van der Waals surface area contributed by atoms with Crippen molar-refractivity contribution in [2.75, 3.05) is 11.9 Å². The van der Waals surface area contributed by atoms with Gasteiger partial charge in [-0.05, 0) is 37.7 Å². The van der Waals surface area contributed by atoms with Crippen LogP contribution in [0.4, 0.5) is 5.95 Å². The minimum atomic E-state index is -0.305. The Labute approximate surface area is 159 Å². The molecular formula is C20H28N4O3. The highest BCUT2D eigenvalue weighted by atomic mass is 16.3. The highest BCUT2D eigenvalue weighted by Crippen LogP contribution is 2.23. The molecule has 1 aliphatic carbocycles. The van der Waals surface area contributed by atoms with E-state index in [0.29, 0.717) is 17.0 Å². The number of rotatable bonds is 6. The molecule has 1 atom stereocenters. The van der Waals surface area contributed by atoms with Gasteiger partial charge in [0.25, 0.3) is 5.91 Å². The molecular weight excluding hydrogens is 344 g/mol. The largest absolute Gasteiger partial charge is 0.394 e. The molecule has 1 heterocycles. The zero-order chi connectivity index (χ0) is 19.4. The molecule has 1 fully saturated rings. The predicted octanol–water partition coefficient (Wildman–Crippen LogP) is 2.09. The van der Waals surface area contributed by atoms with Crippen LogP contribution in [0.5, 0.6) is 0 Å². The van der Waals surface area contributed by atoms with Gasteiger partial charge in [-0.2, -0.15) is 0 Å². The second kappa shape index (κ2) is 8.63. The van der Waals surface area contributed by atoms with Gasteiger partial charge in [-0.3, -0.25) is 4.79 Å². The summed E-state index contributed by atoms with van der Waals surface area (Å²) in [6, 6.07) is 5.34. The lowest BCUT2D eigenvalue weighted by Gasteiger charge is -2.26. The third kappa shape index (κ3) is 4.73. The van der Waals surface area contributed by atoms with Gasteiger partial charge in [-0.15, -0.1) is 0 Å². The molecule has 0 spiro atoms. The molecule has 7 heteroatoms. The highest BCUT2D eigenvalue weighted by Gasteiger charge is 2.21. The number of fused-ring (bicyclic) bond motifs is 1. The van der Waals surface area contributed by atoms with Gasteiger partial charge in [0.05, 0.1) is 29.8 Å². The van der Waals surface area contributed by atoms with E-state index >= 15 is 0 Å². The summed E-state index contributed by atoms with van der Waals surface area (Å²) in [4.78, 5) is 21.7. The number of nitrogens with zero attached hydrogens (tertiary/aromatic N) is 2. The summed E-state index contributed by atoms with van der Waals surface area (Å²) in [7, 11) is 0. The summed E-state index contributed by atoms with van der Waals surface area (Å²) in [5.41, 5.74) is 1.06. The number of hydrogen-bond acceptors (Lipinski definition) is 6. The van der Waals surface area contributed by atoms with Crippen molar-refractivity contribution in [3.63, 3.8) is 0 Å². The van der Waals surface area contributed by atoms with Crippen LogP contribution >= 0.6 is 0 Å². The van der Waals surface area contributed by atoms with E-state index in [9.17, 15) is 15.0 Å². The molecule has 1 aromatic heterocycles. The van der Waals surface area contributed by atoms with Crippen LogP contribution in [-0.2, 0) is 0 Å². The first-order valence-corrected chi connectivity index (χ1v) is 9.60. The van der Waals surface area contributed by atoms with Crippen LogP contribution in [0.2, 0.25) is 0 Å². The average Bonchev–Trinajstić information content (AvgIpc) is 2.67. The fraction of sp³-hybridized carbons (Fsp3) is 0.550. The van der Waals surface area contributed by atoms with Crippen molar-refractivity contribution >= 4 is 22.8 Å². The Morgan fingerprint density at radius 1 is 1.26 bits per heavy atom. The Morgan fingerprint density at radius 3 is 2.67 bits per heavy atom. The topological polar surface area (TPSA) is 107 Å². The number of anilines is 1. The second-order valence-electron chi connectivity index (χ2n) is 7.59. The second-order valence-corrected chi connectivity index (χ2v) is 7.59. The summed E-state index contributed by atoms with van der Waals surface area (Å²) in [5, 5.41) is 26.1. The lowest BCUT2D eigenvalue weighted by molar-refractivity contribution is 0.0898. The number of carbonyl (C=O) groups excluding carboxylic acids is 1. The zero-order valence-corrected chi connectivity index (χ0v) is 15.9. The van der Waals surface area contributed by atoms with Crippen molar-refractivity contribution in [2.45, 2.75) is 57.7 Å². The van der Waals surface area contributed by atoms with Crippen LogP contribution in [0.15, 0.2) is 24.4 Å². The van der Waals surface area contributed by atoms with Crippen LogP contribution in [0.1, 0.15) is 49.9 Å². The number of carbonyl (C=O) groups is 1. The van der Waals surface area contributed by atoms with Crippen molar-refractivity contribution in [2.24, 2.45) is 5.92 Å². The van der Waals surface area contributed by atoms with Crippen LogP contribution in [0.25, 0.3) is 10.9 Å². The Morgan fingerprint density at radius 2 is 2.00 bits per heavy atom. The third-order valence-electron chi connectivity index (χ3n) is 5.20. The number of hydrogen-bond donors (Lipinski definition) is 4. The van der Waals surface area contributed by atoms with Crippen LogP contribution < -0.4 is 10.6 Å². The number of benzene rings is 1. The first-order valence-electron chi connectivity index (χ1n) is 9.60. The molecule has 1 unspecified atom stereocenters. The SMILES string of the molecule is CC(C)C(CO)NC(=O)c1cccc2cnc(N[C@H]3CC[C@H](O)CC3)nc12. The average molecular weight is 372 g/mol. The van der Waals surface area contributed by atoms with Crippen molar-refractivity contribution in [1.82, 2.24) is 15.3 Å². The van der Waals surface area contributed by atoms with Gasteiger partial charge in [-0.25, -0.2) is 9.97 Å². The minimum absolute atomic E-state index is 0.108. The molecule has 1 saturated carbocycles. The van der Waals surface area contributed by atoms with Crippen molar-refractivity contribution in [1.29, 1.82) is 0 Å². The molecule has 0 saturated heterocycles. The molecule has 7 nitrogen and oxygen atoms in total. The minimum Gasteiger partial charge on any atom is -0.394 e. The molecule has 3 rings (SSSR count). The Hall–Kier alpha value is -2.25. The van der Waals surface area contributed by atoms with Gasteiger partial charge >= 0.3 is 0 Å². The molecule has 4 N–H and O–H groups in total. The Bertz CT molecular complexity index is 788. The van der Waals surface area contributed by atoms with Gasteiger partial charge in [-0.1, -0.05) is 26.0 Å². The smallest absolute Gasteiger partial charge is 0.253 e. The zero-order valence-electron chi connectivity index (χ0n) is 15.9. The van der Waals surface area contributed by atoms with E-state index in [0.717, 1.165) is 31.1 Å². The predicted molar refractivity (Wildman–Crippen MR) is 105 cm³/mol. The van der Waals surface area contributed by atoms with Crippen LogP contribution in [0.3, 0.4) is 0 Å². The van der Waals surface area contributed by atoms with Gasteiger partial charge in [0.2, 0.25) is 5.95 Å². The molecule has 0 aliphatic heterocycles. The maximum absolute atomic E-state index is 12.7. The normalized spacial score (nSPS) is 21.2. The number of nitrogens with one attached hydrogen (secondary N) is 2.